The van der Waals surface area contributed by atoms with Gasteiger partial charge in [0.05, 0.1) is 11.6 Å². The van der Waals surface area contributed by atoms with E-state index in [1.54, 1.807) is 23.7 Å². The van der Waals surface area contributed by atoms with Crippen LogP contribution >= 0.6 is 0 Å². The number of nitriles is 1. The normalized spacial score (nSPS) is 10.7. The van der Waals surface area contributed by atoms with Gasteiger partial charge in [0.25, 0.3) is 0 Å². The first-order chi connectivity index (χ1) is 20.0. The van der Waals surface area contributed by atoms with Crippen molar-refractivity contribution >= 4 is 5.91 Å². The fraction of sp³-hybridized carbons (Fsp3) is 0.235. The molecule has 7 heteroatoms. The average molecular weight is 550 g/mol. The Bertz CT molecular complexity index is 1500. The van der Waals surface area contributed by atoms with Gasteiger partial charge in [-0.05, 0) is 79.9 Å². The van der Waals surface area contributed by atoms with Crippen LogP contribution in [0, 0.1) is 18.3 Å². The second-order valence-electron chi connectivity index (χ2n) is 9.99. The third-order valence-electron chi connectivity index (χ3n) is 6.91. The second-order valence-corrected chi connectivity index (χ2v) is 9.99. The van der Waals surface area contributed by atoms with Crippen molar-refractivity contribution < 1.29 is 19.5 Å². The summed E-state index contributed by atoms with van der Waals surface area (Å²) in [5.74, 6) is 1.54. The van der Waals surface area contributed by atoms with Gasteiger partial charge in [0.1, 0.15) is 23.9 Å². The van der Waals surface area contributed by atoms with E-state index >= 15 is 0 Å². The van der Waals surface area contributed by atoms with E-state index in [0.29, 0.717) is 42.4 Å². The summed E-state index contributed by atoms with van der Waals surface area (Å²) in [6.07, 6.45) is 1.78. The standard InChI is InChI=1S/C34H35N3O4/c1-25-29(13-9-15-32(25)27-11-4-3-5-12-27)24-40-30-18-17-28(23-37(2)19-7-6-16-34(38)36-39)33(21-30)41-31-14-8-10-26(20-31)22-35/h3-5,8-15,17-18,20-21,39H,6-7,16,19,23-24H2,1-2H3,(H,36,38). The Kier molecular flexibility index (Phi) is 10.5. The van der Waals surface area contributed by atoms with Crippen molar-refractivity contribution in [3.8, 4) is 34.4 Å². The van der Waals surface area contributed by atoms with Gasteiger partial charge < -0.3 is 14.4 Å². The summed E-state index contributed by atoms with van der Waals surface area (Å²) in [5.41, 5.74) is 7.80. The second kappa shape index (κ2) is 14.7. The molecule has 0 radical (unpaired) electrons. The van der Waals surface area contributed by atoms with E-state index in [2.05, 4.69) is 48.2 Å². The zero-order valence-electron chi connectivity index (χ0n) is 23.5. The molecular formula is C34H35N3O4. The highest BCUT2D eigenvalue weighted by atomic mass is 16.5. The molecule has 210 valence electrons. The molecule has 0 heterocycles. The van der Waals surface area contributed by atoms with Crippen LogP contribution in [0.4, 0.5) is 0 Å². The molecule has 0 aromatic heterocycles. The maximum absolute atomic E-state index is 11.3. The number of benzene rings is 4. The van der Waals surface area contributed by atoms with Gasteiger partial charge in [-0.3, -0.25) is 10.0 Å². The van der Waals surface area contributed by atoms with Crippen LogP contribution in [0.3, 0.4) is 0 Å². The van der Waals surface area contributed by atoms with Gasteiger partial charge in [-0.15, -0.1) is 0 Å². The van der Waals surface area contributed by atoms with Gasteiger partial charge in [-0.2, -0.15) is 5.26 Å². The molecular weight excluding hydrogens is 514 g/mol. The van der Waals surface area contributed by atoms with Gasteiger partial charge in [0.2, 0.25) is 5.91 Å². The van der Waals surface area contributed by atoms with E-state index in [0.717, 1.165) is 24.1 Å². The van der Waals surface area contributed by atoms with Crippen LogP contribution in [0.5, 0.6) is 17.2 Å². The maximum atomic E-state index is 11.3. The molecule has 4 aromatic carbocycles. The van der Waals surface area contributed by atoms with Crippen molar-refractivity contribution in [3.05, 3.63) is 113 Å². The molecule has 41 heavy (non-hydrogen) atoms. The Morgan fingerprint density at radius 1 is 0.927 bits per heavy atom. The summed E-state index contributed by atoms with van der Waals surface area (Å²) in [6, 6.07) is 31.7. The van der Waals surface area contributed by atoms with Crippen LogP contribution < -0.4 is 15.0 Å². The number of unbranched alkanes of at least 4 members (excludes halogenated alkanes) is 1. The zero-order valence-corrected chi connectivity index (χ0v) is 23.5. The molecule has 4 rings (SSSR count). The van der Waals surface area contributed by atoms with Crippen molar-refractivity contribution in [2.45, 2.75) is 39.3 Å². The van der Waals surface area contributed by atoms with Crippen molar-refractivity contribution in [1.82, 2.24) is 10.4 Å². The van der Waals surface area contributed by atoms with Crippen molar-refractivity contribution in [1.29, 1.82) is 5.26 Å². The topological polar surface area (TPSA) is 94.8 Å². The summed E-state index contributed by atoms with van der Waals surface area (Å²) < 4.78 is 12.5. The van der Waals surface area contributed by atoms with E-state index in [4.69, 9.17) is 14.7 Å². The quantitative estimate of drug-likeness (QED) is 0.106. The Labute approximate surface area is 241 Å². The van der Waals surface area contributed by atoms with E-state index in [9.17, 15) is 10.1 Å². The summed E-state index contributed by atoms with van der Waals surface area (Å²) in [5, 5.41) is 18.0. The van der Waals surface area contributed by atoms with Crippen molar-refractivity contribution in [2.24, 2.45) is 0 Å². The number of hydrogen-bond donors (Lipinski definition) is 2. The van der Waals surface area contributed by atoms with Gasteiger partial charge in [-0.1, -0.05) is 60.7 Å². The minimum absolute atomic E-state index is 0.285. The predicted octanol–water partition coefficient (Wildman–Crippen LogP) is 7.01. The number of ether oxygens (including phenoxy) is 2. The highest BCUT2D eigenvalue weighted by Crippen LogP contribution is 2.32. The maximum Gasteiger partial charge on any atom is 0.243 e. The first kappa shape index (κ1) is 29.3. The molecule has 0 saturated carbocycles. The molecule has 7 nitrogen and oxygen atoms in total. The van der Waals surface area contributed by atoms with E-state index < -0.39 is 0 Å². The lowest BCUT2D eigenvalue weighted by Crippen LogP contribution is -2.21. The molecule has 0 aliphatic carbocycles. The molecule has 0 spiro atoms. The highest BCUT2D eigenvalue weighted by Gasteiger charge is 2.13. The van der Waals surface area contributed by atoms with Crippen LogP contribution in [-0.2, 0) is 17.9 Å². The molecule has 0 aliphatic rings. The number of nitrogens with zero attached hydrogens (tertiary/aromatic N) is 2. The van der Waals surface area contributed by atoms with Gasteiger partial charge in [0.15, 0.2) is 0 Å². The Balaban J connectivity index is 1.50. The van der Waals surface area contributed by atoms with Crippen LogP contribution in [0.25, 0.3) is 11.1 Å². The lowest BCUT2D eigenvalue weighted by molar-refractivity contribution is -0.129. The lowest BCUT2D eigenvalue weighted by atomic mass is 9.97. The number of hydroxylamine groups is 1. The fourth-order valence-corrected chi connectivity index (χ4v) is 4.63. The summed E-state index contributed by atoms with van der Waals surface area (Å²) in [7, 11) is 2.01. The summed E-state index contributed by atoms with van der Waals surface area (Å²) in [6.45, 7) is 3.93. The number of carbonyl (C=O) groups excluding carboxylic acids is 1. The molecule has 0 aliphatic heterocycles. The first-order valence-electron chi connectivity index (χ1n) is 13.7. The van der Waals surface area contributed by atoms with E-state index in [1.807, 2.05) is 49.5 Å². The Morgan fingerprint density at radius 3 is 2.51 bits per heavy atom. The van der Waals surface area contributed by atoms with Crippen LogP contribution in [0.2, 0.25) is 0 Å². The molecule has 0 atom stereocenters. The SMILES string of the molecule is Cc1c(COc2ccc(CN(C)CCCCC(=O)NO)c(Oc3cccc(C#N)c3)c2)cccc1-c1ccccc1. The van der Waals surface area contributed by atoms with Gasteiger partial charge in [0, 0.05) is 24.6 Å². The number of rotatable bonds is 13. The third kappa shape index (κ3) is 8.42. The number of amides is 1. The van der Waals surface area contributed by atoms with Crippen LogP contribution in [0.1, 0.15) is 41.5 Å². The monoisotopic (exact) mass is 549 g/mol. The zero-order chi connectivity index (χ0) is 29.0. The molecule has 0 bridgehead atoms. The fourth-order valence-electron chi connectivity index (χ4n) is 4.63. The third-order valence-corrected chi connectivity index (χ3v) is 6.91. The number of hydrogen-bond acceptors (Lipinski definition) is 6. The van der Waals surface area contributed by atoms with Crippen LogP contribution in [-0.4, -0.2) is 29.6 Å². The average Bonchev–Trinajstić information content (AvgIpc) is 3.00. The lowest BCUT2D eigenvalue weighted by Gasteiger charge is -2.20. The molecule has 2 N–H and O–H groups in total. The van der Waals surface area contributed by atoms with E-state index in [-0.39, 0.29) is 12.3 Å². The van der Waals surface area contributed by atoms with Crippen molar-refractivity contribution in [3.63, 3.8) is 0 Å². The summed E-state index contributed by atoms with van der Waals surface area (Å²) >= 11 is 0. The molecule has 0 unspecified atom stereocenters. The molecule has 0 saturated heterocycles. The molecule has 4 aromatic rings. The van der Waals surface area contributed by atoms with Crippen molar-refractivity contribution in [2.75, 3.05) is 13.6 Å². The minimum atomic E-state index is -0.375. The van der Waals surface area contributed by atoms with Crippen LogP contribution in [0.15, 0.2) is 91.0 Å². The Morgan fingerprint density at radius 2 is 1.73 bits per heavy atom. The first-order valence-corrected chi connectivity index (χ1v) is 13.7. The minimum Gasteiger partial charge on any atom is -0.489 e. The van der Waals surface area contributed by atoms with Gasteiger partial charge >= 0.3 is 0 Å². The summed E-state index contributed by atoms with van der Waals surface area (Å²) in [4.78, 5) is 13.4. The number of carbonyl (C=O) groups is 1. The smallest absolute Gasteiger partial charge is 0.243 e. The molecule has 0 fully saturated rings. The Hall–Kier alpha value is -4.64. The largest absolute Gasteiger partial charge is 0.489 e. The predicted molar refractivity (Wildman–Crippen MR) is 159 cm³/mol. The highest BCUT2D eigenvalue weighted by molar-refractivity contribution is 5.74. The van der Waals surface area contributed by atoms with E-state index in [1.165, 1.54) is 16.7 Å². The molecule has 1 amide bonds. The number of nitrogens with one attached hydrogen (secondary N) is 1. The van der Waals surface area contributed by atoms with Gasteiger partial charge in [-0.25, -0.2) is 5.48 Å².